The van der Waals surface area contributed by atoms with E-state index in [0.29, 0.717) is 24.3 Å². The Labute approximate surface area is 326 Å². The van der Waals surface area contributed by atoms with Gasteiger partial charge < -0.3 is 50.3 Å². The van der Waals surface area contributed by atoms with E-state index < -0.39 is 158 Å². The number of rotatable bonds is 12. The van der Waals surface area contributed by atoms with Gasteiger partial charge in [0.05, 0.1) is 0 Å². The fraction of sp³-hybridized carbons (Fsp3) is 0.667. The van der Waals surface area contributed by atoms with Crippen molar-refractivity contribution in [1.29, 1.82) is 0 Å². The molecular formula is C18H25FO31S8. The van der Waals surface area contributed by atoms with Gasteiger partial charge in [0.25, 0.3) is 44.9 Å². The molecule has 40 heteroatoms. The molecule has 58 heavy (non-hydrogen) atoms. The van der Waals surface area contributed by atoms with Gasteiger partial charge >= 0.3 is 50.6 Å². The second-order valence-corrected chi connectivity index (χ2v) is 23.7. The van der Waals surface area contributed by atoms with Gasteiger partial charge in [-0.25, -0.2) is 4.39 Å². The third kappa shape index (κ3) is 6.79. The van der Waals surface area contributed by atoms with Crippen molar-refractivity contribution in [2.24, 2.45) is 0 Å². The molecule has 338 valence electrons. The maximum atomic E-state index is 13.6. The number of aliphatic hydroxyl groups is 8. The largest absolute Gasteiger partial charge is 0.380 e. The van der Waals surface area contributed by atoms with Gasteiger partial charge in [-0.2, -0.15) is 58.9 Å². The molecule has 2 saturated heterocycles. The molecule has 0 amide bonds. The molecule has 1 aromatic carbocycles. The molecule has 3 rings (SSSR count). The number of aliphatic hydroxyl groups excluding tert-OH is 2. The SMILES string of the molecule is O=S(=O)(O)C(O)[C@H]1O[C@@H](Sc2ccc(F)cc2)[C@@](O)(S(=O)(=O)O)[C@](O)(S(=O)(=O)O)[C@@]1(O)[C@@H]1O[C@H](C(O)S(=O)(=O)O)[C@](O)(S(=O)(=O)O)[C@@](O)(S(=O)(=O)O)[C@]1(O)S(=O)(=O)O. The zero-order valence-corrected chi connectivity index (χ0v) is 33.2. The van der Waals surface area contributed by atoms with Crippen molar-refractivity contribution < 1.29 is 146 Å². The third-order valence-corrected chi connectivity index (χ3v) is 18.7. The molecule has 0 bridgehead atoms. The van der Waals surface area contributed by atoms with Crippen LogP contribution in [0.25, 0.3) is 0 Å². The lowest BCUT2D eigenvalue weighted by Gasteiger charge is -2.64. The average Bonchev–Trinajstić information content (AvgIpc) is 3.00. The molecule has 2 aliphatic rings. The van der Waals surface area contributed by atoms with Crippen molar-refractivity contribution in [3.63, 3.8) is 0 Å². The van der Waals surface area contributed by atoms with Crippen LogP contribution in [0.5, 0.6) is 0 Å². The van der Waals surface area contributed by atoms with Gasteiger partial charge in [-0.05, 0) is 24.3 Å². The van der Waals surface area contributed by atoms with Crippen molar-refractivity contribution in [1.82, 2.24) is 0 Å². The van der Waals surface area contributed by atoms with Crippen molar-refractivity contribution >= 4 is 82.6 Å². The highest BCUT2D eigenvalue weighted by Gasteiger charge is 2.95. The molecule has 31 nitrogen and oxygen atoms in total. The zero-order valence-electron chi connectivity index (χ0n) is 26.7. The van der Waals surface area contributed by atoms with Crippen LogP contribution in [0, 0.1) is 5.82 Å². The molecule has 2 aliphatic heterocycles. The van der Waals surface area contributed by atoms with Crippen molar-refractivity contribution in [2.75, 3.05) is 0 Å². The Hall–Kier alpha value is -1.53. The minimum atomic E-state index is -8.11. The molecule has 1 aromatic rings. The van der Waals surface area contributed by atoms with Crippen LogP contribution in [-0.2, 0) is 80.3 Å². The van der Waals surface area contributed by atoms with Gasteiger partial charge in [-0.15, -0.1) is 0 Å². The first-order chi connectivity index (χ1) is 25.3. The first-order valence-corrected chi connectivity index (χ1v) is 24.6. The van der Waals surface area contributed by atoms with Gasteiger partial charge in [-0.3, -0.25) is 31.9 Å². The molecular weight excluding hydrogens is 988 g/mol. The predicted molar refractivity (Wildman–Crippen MR) is 172 cm³/mol. The van der Waals surface area contributed by atoms with Gasteiger partial charge in [0.1, 0.15) is 18.0 Å². The van der Waals surface area contributed by atoms with Crippen molar-refractivity contribution in [3.05, 3.63) is 30.1 Å². The molecule has 0 saturated carbocycles. The van der Waals surface area contributed by atoms with Crippen LogP contribution < -0.4 is 0 Å². The van der Waals surface area contributed by atoms with Crippen LogP contribution in [-0.4, -0.2) is 197 Å². The Morgan fingerprint density at radius 3 is 1.21 bits per heavy atom. The second-order valence-electron chi connectivity index (χ2n) is 11.8. The summed E-state index contributed by atoms with van der Waals surface area (Å²) in [5.41, 5.74) is -19.8. The lowest BCUT2D eigenvalue weighted by molar-refractivity contribution is -0.375. The highest BCUT2D eigenvalue weighted by molar-refractivity contribution is 8.01. The maximum Gasteiger partial charge on any atom is 0.303 e. The highest BCUT2D eigenvalue weighted by atomic mass is 32.3. The molecule has 15 N–H and O–H groups in total. The number of benzene rings is 1. The molecule has 2 heterocycles. The first kappa shape index (κ1) is 50.8. The predicted octanol–water partition coefficient (Wildman–Crippen LogP) is -8.56. The summed E-state index contributed by atoms with van der Waals surface area (Å²) in [7, 11) is -53.1. The Kier molecular flexibility index (Phi) is 12.5. The van der Waals surface area contributed by atoms with E-state index in [0.717, 1.165) is 0 Å². The van der Waals surface area contributed by atoms with Crippen molar-refractivity contribution in [2.45, 2.75) is 69.8 Å². The molecule has 12 atom stereocenters. The number of ether oxygens (including phenoxy) is 2. The summed E-state index contributed by atoms with van der Waals surface area (Å²) in [6.45, 7) is 0. The Morgan fingerprint density at radius 1 is 0.517 bits per heavy atom. The van der Waals surface area contributed by atoms with E-state index in [1.54, 1.807) is 0 Å². The maximum absolute atomic E-state index is 13.6. The number of halogens is 1. The average molecular weight is 1010 g/mol. The van der Waals surface area contributed by atoms with Crippen LogP contribution in [0.15, 0.2) is 29.2 Å². The number of hydrogen-bond donors (Lipinski definition) is 15. The molecule has 0 spiro atoms. The van der Waals surface area contributed by atoms with Gasteiger partial charge in [0, 0.05) is 4.90 Å². The summed E-state index contributed by atoms with van der Waals surface area (Å²) in [6.07, 6.45) is -15.5. The quantitative estimate of drug-likeness (QED) is 0.0865. The van der Waals surface area contributed by atoms with E-state index in [1.807, 2.05) is 0 Å². The van der Waals surface area contributed by atoms with E-state index >= 15 is 0 Å². The lowest BCUT2D eigenvalue weighted by Crippen LogP contribution is -2.95. The van der Waals surface area contributed by atoms with E-state index in [-0.39, 0.29) is 0 Å². The van der Waals surface area contributed by atoms with E-state index in [2.05, 4.69) is 9.47 Å². The zero-order chi connectivity index (χ0) is 46.1. The highest BCUT2D eigenvalue weighted by Crippen LogP contribution is 2.62. The fourth-order valence-electron chi connectivity index (χ4n) is 5.95. The van der Waals surface area contributed by atoms with Gasteiger partial charge in [-0.1, -0.05) is 11.8 Å². The second kappa shape index (κ2) is 14.2. The smallest absolute Gasteiger partial charge is 0.303 e. The summed E-state index contributed by atoms with van der Waals surface area (Å²) >= 11 is -0.747. The summed E-state index contributed by atoms with van der Waals surface area (Å²) in [5, 5.41) is 90.4. The third-order valence-electron chi connectivity index (χ3n) is 8.56. The summed E-state index contributed by atoms with van der Waals surface area (Å²) in [5.74, 6) is -1.18. The summed E-state index contributed by atoms with van der Waals surface area (Å²) < 4.78 is 270. The first-order valence-electron chi connectivity index (χ1n) is 13.5. The molecule has 2 unspecified atom stereocenters. The lowest BCUT2D eigenvalue weighted by atomic mass is 9.73. The molecule has 0 radical (unpaired) electrons. The Bertz CT molecular complexity index is 2640. The normalized spacial score (nSPS) is 38.5. The monoisotopic (exact) mass is 1010 g/mol. The van der Waals surface area contributed by atoms with Crippen LogP contribution in [0.3, 0.4) is 0 Å². The van der Waals surface area contributed by atoms with Crippen LogP contribution >= 0.6 is 11.8 Å². The van der Waals surface area contributed by atoms with Gasteiger partial charge in [0.15, 0.2) is 17.1 Å². The minimum Gasteiger partial charge on any atom is -0.380 e. The van der Waals surface area contributed by atoms with E-state index in [1.165, 1.54) is 0 Å². The van der Waals surface area contributed by atoms with Gasteiger partial charge in [0.2, 0.25) is 10.9 Å². The molecule has 0 aromatic heterocycles. The van der Waals surface area contributed by atoms with E-state index in [9.17, 15) is 136 Å². The van der Waals surface area contributed by atoms with Crippen LogP contribution in [0.1, 0.15) is 0 Å². The molecule has 2 fully saturated rings. The Morgan fingerprint density at radius 2 is 0.879 bits per heavy atom. The topological polar surface area (TPSA) is 561 Å². The van der Waals surface area contributed by atoms with Crippen LogP contribution in [0.4, 0.5) is 4.39 Å². The molecule has 0 aliphatic carbocycles. The Balaban J connectivity index is 2.93. The van der Waals surface area contributed by atoms with Crippen molar-refractivity contribution in [3.8, 4) is 0 Å². The summed E-state index contributed by atoms with van der Waals surface area (Å²) in [4.78, 5) is -33.7. The number of hydrogen-bond acceptors (Lipinski definition) is 25. The fourth-order valence-corrected chi connectivity index (χ4v) is 15.7. The summed E-state index contributed by atoms with van der Waals surface area (Å²) in [6, 6.07) is 1.78. The standard InChI is InChI=1S/C18H25FO31S8/c19-5-1-3-6(4-2-5)51-12-16(25,56(40,41)42)17(26,57(43,44)45)13(22,7(50-12)9(20)52(28,29)30)11-15(24,55(37,38)39)18(27,58(46,47)48)14(23,54(34,35)36)8(49-11)10(21)53(31,32)33/h1-4,7-12,20-27H,(H,28,29,30)(H,31,32,33)(H,34,35,36)(H,37,38,39)(H,40,41,42)(H,43,44,45)(H,46,47,48)/t7-,8-,9?,10?,11+,12+,13+,14+,15-,16-,17-,18-/m1/s1. The van der Waals surface area contributed by atoms with Crippen LogP contribution in [0.2, 0.25) is 0 Å². The minimum absolute atomic E-state index is 0.419. The number of thioether (sulfide) groups is 1. The van der Waals surface area contributed by atoms with E-state index in [4.69, 9.17) is 0 Å².